The van der Waals surface area contributed by atoms with Crippen LogP contribution in [0.25, 0.3) is 0 Å². The van der Waals surface area contributed by atoms with E-state index < -0.39 is 17.3 Å². The van der Waals surface area contributed by atoms with Crippen molar-refractivity contribution in [1.29, 1.82) is 0 Å². The number of rotatable bonds is 4. The molecule has 2 rings (SSSR count). The zero-order chi connectivity index (χ0) is 17.0. The molecule has 126 valence electrons. The molecule has 2 N–H and O–H groups in total. The van der Waals surface area contributed by atoms with E-state index in [1.54, 1.807) is 0 Å². The summed E-state index contributed by atoms with van der Waals surface area (Å²) in [6.45, 7) is 0.906. The number of hydrogen-bond acceptors (Lipinski definition) is 4. The summed E-state index contributed by atoms with van der Waals surface area (Å²) in [5, 5.41) is -0.128. The maximum atomic E-state index is 13.2. The first-order valence-electron chi connectivity index (χ1n) is 7.02. The fourth-order valence-electron chi connectivity index (χ4n) is 2.51. The van der Waals surface area contributed by atoms with Gasteiger partial charge < -0.3 is 20.1 Å². The van der Waals surface area contributed by atoms with E-state index in [0.717, 1.165) is 6.07 Å². The van der Waals surface area contributed by atoms with Crippen molar-refractivity contribution in [3.8, 4) is 0 Å². The second-order valence-electron chi connectivity index (χ2n) is 5.44. The minimum absolute atomic E-state index is 0.0720. The lowest BCUT2D eigenvalue weighted by molar-refractivity contribution is -0.129. The third-order valence-corrected chi connectivity index (χ3v) is 4.02. The van der Waals surface area contributed by atoms with E-state index in [4.69, 9.17) is 26.8 Å². The lowest BCUT2D eigenvalue weighted by Gasteiger charge is -2.33. The molecular weight excluding hydrogens is 327 g/mol. The Labute approximate surface area is 138 Å². The molecule has 1 atom stereocenters. The first-order chi connectivity index (χ1) is 10.9. The lowest BCUT2D eigenvalue weighted by Crippen LogP contribution is -2.50. The number of amides is 2. The average Bonchev–Trinajstić information content (AvgIpc) is 2.72. The normalized spacial score (nSPS) is 21.8. The summed E-state index contributed by atoms with van der Waals surface area (Å²) in [6, 6.07) is 3.77. The minimum atomic E-state index is -0.998. The fraction of sp³-hybridized carbons (Fsp3) is 0.467. The molecule has 0 unspecified atom stereocenters. The van der Waals surface area contributed by atoms with Crippen LogP contribution in [0.4, 0.5) is 4.39 Å². The number of benzene rings is 1. The topological polar surface area (TPSA) is 81.9 Å². The predicted octanol–water partition coefficient (Wildman–Crippen LogP) is 1.21. The standard InChI is InChI=1S/C15H18ClFN2O4/c1-22-15(7-13(18)20)8-19(4-5-23-9-15)14(21)10-2-3-12(17)11(16)6-10/h2-3,6H,4-5,7-9H2,1H3,(H2,18,20)/t15-/m0/s1. The number of nitrogens with two attached hydrogens (primary N) is 1. The molecule has 1 aliphatic heterocycles. The number of nitrogens with zero attached hydrogens (tertiary/aromatic N) is 1. The van der Waals surface area contributed by atoms with Crippen molar-refractivity contribution in [1.82, 2.24) is 4.90 Å². The lowest BCUT2D eigenvalue weighted by atomic mass is 9.99. The maximum Gasteiger partial charge on any atom is 0.254 e. The van der Waals surface area contributed by atoms with Crippen LogP contribution in [-0.2, 0) is 14.3 Å². The Balaban J connectivity index is 2.24. The number of halogens is 2. The number of carbonyl (C=O) groups is 2. The SMILES string of the molecule is CO[C@]1(CC(N)=O)COCCN(C(=O)c2ccc(F)c(Cl)c2)C1. The second kappa shape index (κ2) is 7.25. The smallest absolute Gasteiger partial charge is 0.254 e. The monoisotopic (exact) mass is 344 g/mol. The van der Waals surface area contributed by atoms with Gasteiger partial charge in [-0.2, -0.15) is 0 Å². The fourth-order valence-corrected chi connectivity index (χ4v) is 2.69. The highest BCUT2D eigenvalue weighted by Crippen LogP contribution is 2.23. The van der Waals surface area contributed by atoms with Crippen molar-refractivity contribution < 1.29 is 23.5 Å². The highest BCUT2D eigenvalue weighted by molar-refractivity contribution is 6.31. The van der Waals surface area contributed by atoms with Gasteiger partial charge in [0.1, 0.15) is 11.4 Å². The van der Waals surface area contributed by atoms with Gasteiger partial charge in [-0.25, -0.2) is 4.39 Å². The Morgan fingerprint density at radius 3 is 2.87 bits per heavy atom. The van der Waals surface area contributed by atoms with Crippen molar-refractivity contribution in [2.45, 2.75) is 12.0 Å². The zero-order valence-corrected chi connectivity index (χ0v) is 13.4. The molecule has 0 spiro atoms. The molecule has 1 saturated heterocycles. The van der Waals surface area contributed by atoms with Gasteiger partial charge in [-0.05, 0) is 18.2 Å². The van der Waals surface area contributed by atoms with Gasteiger partial charge in [0, 0.05) is 19.2 Å². The molecule has 23 heavy (non-hydrogen) atoms. The largest absolute Gasteiger partial charge is 0.377 e. The van der Waals surface area contributed by atoms with Crippen LogP contribution in [0.1, 0.15) is 16.8 Å². The molecule has 1 heterocycles. The van der Waals surface area contributed by atoms with Crippen LogP contribution >= 0.6 is 11.6 Å². The predicted molar refractivity (Wildman–Crippen MR) is 81.7 cm³/mol. The van der Waals surface area contributed by atoms with Gasteiger partial charge in [0.15, 0.2) is 0 Å². The Kier molecular flexibility index (Phi) is 5.56. The van der Waals surface area contributed by atoms with Gasteiger partial charge in [0.2, 0.25) is 5.91 Å². The van der Waals surface area contributed by atoms with Crippen molar-refractivity contribution in [3.63, 3.8) is 0 Å². The van der Waals surface area contributed by atoms with E-state index >= 15 is 0 Å². The van der Waals surface area contributed by atoms with E-state index in [0.29, 0.717) is 13.2 Å². The van der Waals surface area contributed by atoms with Crippen molar-refractivity contribution in [2.75, 3.05) is 33.4 Å². The zero-order valence-electron chi connectivity index (χ0n) is 12.7. The molecule has 1 aromatic carbocycles. The molecule has 0 radical (unpaired) electrons. The quantitative estimate of drug-likeness (QED) is 0.890. The Bertz CT molecular complexity index is 613. The third kappa shape index (κ3) is 4.19. The summed E-state index contributed by atoms with van der Waals surface area (Å²) in [6.07, 6.45) is -0.0720. The molecule has 0 aromatic heterocycles. The van der Waals surface area contributed by atoms with E-state index in [9.17, 15) is 14.0 Å². The molecule has 0 saturated carbocycles. The highest BCUT2D eigenvalue weighted by Gasteiger charge is 2.38. The first kappa shape index (κ1) is 17.7. The number of carbonyl (C=O) groups excluding carboxylic acids is 2. The van der Waals surface area contributed by atoms with Crippen LogP contribution in [0.15, 0.2) is 18.2 Å². The van der Waals surface area contributed by atoms with Gasteiger partial charge in [0.25, 0.3) is 5.91 Å². The molecular formula is C15H18ClFN2O4. The van der Waals surface area contributed by atoms with Crippen molar-refractivity contribution >= 4 is 23.4 Å². The van der Waals surface area contributed by atoms with Crippen LogP contribution in [0.3, 0.4) is 0 Å². The third-order valence-electron chi connectivity index (χ3n) is 3.73. The first-order valence-corrected chi connectivity index (χ1v) is 7.40. The molecule has 1 aliphatic rings. The van der Waals surface area contributed by atoms with Crippen molar-refractivity contribution in [3.05, 3.63) is 34.6 Å². The summed E-state index contributed by atoms with van der Waals surface area (Å²) in [7, 11) is 1.44. The van der Waals surface area contributed by atoms with Crippen LogP contribution < -0.4 is 5.73 Å². The van der Waals surface area contributed by atoms with Gasteiger partial charge in [0.05, 0.1) is 31.2 Å². The molecule has 0 bridgehead atoms. The van der Waals surface area contributed by atoms with Gasteiger partial charge in [-0.15, -0.1) is 0 Å². The summed E-state index contributed by atoms with van der Waals surface area (Å²) in [5.74, 6) is -1.49. The summed E-state index contributed by atoms with van der Waals surface area (Å²) in [5.41, 5.74) is 4.52. The summed E-state index contributed by atoms with van der Waals surface area (Å²) in [4.78, 5) is 25.4. The number of methoxy groups -OCH3 is 1. The van der Waals surface area contributed by atoms with Crippen LogP contribution in [0.5, 0.6) is 0 Å². The average molecular weight is 345 g/mol. The van der Waals surface area contributed by atoms with Crippen LogP contribution in [0.2, 0.25) is 5.02 Å². The van der Waals surface area contributed by atoms with Crippen LogP contribution in [-0.4, -0.2) is 55.7 Å². The van der Waals surface area contributed by atoms with E-state index in [2.05, 4.69) is 0 Å². The molecule has 0 aliphatic carbocycles. The summed E-state index contributed by atoms with van der Waals surface area (Å²) >= 11 is 5.72. The number of primary amides is 1. The Hall–Kier alpha value is -1.70. The molecule has 2 amide bonds. The summed E-state index contributed by atoms with van der Waals surface area (Å²) < 4.78 is 24.1. The van der Waals surface area contributed by atoms with E-state index in [1.165, 1.54) is 24.1 Å². The minimum Gasteiger partial charge on any atom is -0.377 e. The second-order valence-corrected chi connectivity index (χ2v) is 5.85. The maximum absolute atomic E-state index is 13.2. The molecule has 1 aromatic rings. The van der Waals surface area contributed by atoms with E-state index in [-0.39, 0.29) is 36.1 Å². The number of hydrogen-bond donors (Lipinski definition) is 1. The Morgan fingerprint density at radius 1 is 1.52 bits per heavy atom. The van der Waals surface area contributed by atoms with Crippen LogP contribution in [0, 0.1) is 5.82 Å². The van der Waals surface area contributed by atoms with Crippen molar-refractivity contribution in [2.24, 2.45) is 5.73 Å². The number of ether oxygens (including phenoxy) is 2. The van der Waals surface area contributed by atoms with Gasteiger partial charge in [-0.3, -0.25) is 9.59 Å². The van der Waals surface area contributed by atoms with E-state index in [1.807, 2.05) is 0 Å². The van der Waals surface area contributed by atoms with Gasteiger partial charge >= 0.3 is 0 Å². The highest BCUT2D eigenvalue weighted by atomic mass is 35.5. The molecule has 6 nitrogen and oxygen atoms in total. The molecule has 1 fully saturated rings. The Morgan fingerprint density at radius 2 is 2.26 bits per heavy atom. The van der Waals surface area contributed by atoms with Gasteiger partial charge in [-0.1, -0.05) is 11.6 Å². The molecule has 8 heteroatoms.